The van der Waals surface area contributed by atoms with Crippen molar-refractivity contribution < 1.29 is 0 Å². The molecule has 2 aliphatic heterocycles. The highest BCUT2D eigenvalue weighted by Crippen LogP contribution is 2.26. The summed E-state index contributed by atoms with van der Waals surface area (Å²) in [5, 5.41) is 10.6. The molecule has 0 amide bonds. The Morgan fingerprint density at radius 3 is 2.35 bits per heavy atom. The van der Waals surface area contributed by atoms with Gasteiger partial charge in [0.2, 0.25) is 0 Å². The van der Waals surface area contributed by atoms with Gasteiger partial charge in [0.15, 0.2) is 11.6 Å². The number of benzene rings is 1. The number of aryl methyl sites for hydroxylation is 1. The molecule has 2 N–H and O–H groups in total. The molecule has 3 aromatic rings. The fourth-order valence-electron chi connectivity index (χ4n) is 5.02. The zero-order valence-electron chi connectivity index (χ0n) is 20.1. The highest BCUT2D eigenvalue weighted by atomic mass is 15.3. The van der Waals surface area contributed by atoms with Crippen LogP contribution in [0.5, 0.6) is 0 Å². The summed E-state index contributed by atoms with van der Waals surface area (Å²) >= 11 is 0. The second kappa shape index (κ2) is 10.8. The highest BCUT2D eigenvalue weighted by molar-refractivity contribution is 5.69. The third-order valence-electron chi connectivity index (χ3n) is 6.86. The number of rotatable bonds is 6. The third kappa shape index (κ3) is 5.83. The van der Waals surface area contributed by atoms with E-state index < -0.39 is 0 Å². The summed E-state index contributed by atoms with van der Waals surface area (Å²) in [7, 11) is 0. The Balaban J connectivity index is 1.34. The zero-order valence-corrected chi connectivity index (χ0v) is 20.1. The Morgan fingerprint density at radius 1 is 0.882 bits per heavy atom. The molecule has 178 valence electrons. The first-order chi connectivity index (χ1) is 16.7. The highest BCUT2D eigenvalue weighted by Gasteiger charge is 2.26. The summed E-state index contributed by atoms with van der Waals surface area (Å²) in [5.74, 6) is 3.21. The van der Waals surface area contributed by atoms with E-state index >= 15 is 0 Å². The van der Waals surface area contributed by atoms with E-state index in [1.165, 1.54) is 51.6 Å². The predicted octanol–water partition coefficient (Wildman–Crippen LogP) is 5.27. The zero-order chi connectivity index (χ0) is 23.2. The lowest BCUT2D eigenvalue weighted by molar-refractivity contribution is 0.175. The van der Waals surface area contributed by atoms with E-state index in [0.717, 1.165) is 41.8 Å². The molecule has 2 aliphatic rings. The van der Waals surface area contributed by atoms with Crippen LogP contribution in [0.25, 0.3) is 12.2 Å². The van der Waals surface area contributed by atoms with Gasteiger partial charge in [-0.1, -0.05) is 49.2 Å². The number of aromatic nitrogens is 4. The number of aromatic amines is 1. The standard InChI is InChI=1S/C27H35N7/c1-21-19-26(32-31-21)29-25-20-27(30-24(28-25)12-11-22-9-5-4-6-10-22)34-17-13-23(14-18-34)33-15-7-2-3-8-16-33/h4-6,9-12,19-20,23H,2-3,7-8,13-18H2,1H3,(H2,28,29,30,31,32). The van der Waals surface area contributed by atoms with Gasteiger partial charge in [-0.3, -0.25) is 5.10 Å². The lowest BCUT2D eigenvalue weighted by Gasteiger charge is -2.38. The second-order valence-corrected chi connectivity index (χ2v) is 9.44. The average molecular weight is 458 g/mol. The normalized spacial score (nSPS) is 18.3. The van der Waals surface area contributed by atoms with Gasteiger partial charge in [-0.2, -0.15) is 5.10 Å². The maximum atomic E-state index is 4.92. The predicted molar refractivity (Wildman–Crippen MR) is 139 cm³/mol. The largest absolute Gasteiger partial charge is 0.356 e. The van der Waals surface area contributed by atoms with E-state index in [9.17, 15) is 0 Å². The van der Waals surface area contributed by atoms with E-state index in [2.05, 4.69) is 49.6 Å². The molecule has 1 aromatic carbocycles. The van der Waals surface area contributed by atoms with Crippen molar-refractivity contribution in [2.45, 2.75) is 51.5 Å². The minimum Gasteiger partial charge on any atom is -0.356 e. The maximum Gasteiger partial charge on any atom is 0.156 e. The van der Waals surface area contributed by atoms with E-state index in [1.54, 1.807) is 0 Å². The summed E-state index contributed by atoms with van der Waals surface area (Å²) in [6.45, 7) is 6.58. The van der Waals surface area contributed by atoms with Crippen LogP contribution in [0.4, 0.5) is 17.5 Å². The third-order valence-corrected chi connectivity index (χ3v) is 6.86. The number of anilines is 3. The van der Waals surface area contributed by atoms with E-state index in [4.69, 9.17) is 9.97 Å². The molecular formula is C27H35N7. The van der Waals surface area contributed by atoms with Crippen LogP contribution in [0.1, 0.15) is 55.6 Å². The first-order valence-corrected chi connectivity index (χ1v) is 12.6. The van der Waals surface area contributed by atoms with Crippen molar-refractivity contribution in [3.8, 4) is 0 Å². The summed E-state index contributed by atoms with van der Waals surface area (Å²) in [5.41, 5.74) is 2.14. The molecule has 7 nitrogen and oxygen atoms in total. The lowest BCUT2D eigenvalue weighted by atomic mass is 10.0. The Bertz CT molecular complexity index is 1080. The van der Waals surface area contributed by atoms with Crippen LogP contribution < -0.4 is 10.2 Å². The van der Waals surface area contributed by atoms with Gasteiger partial charge in [0.05, 0.1) is 0 Å². The van der Waals surface area contributed by atoms with Crippen LogP contribution >= 0.6 is 0 Å². The van der Waals surface area contributed by atoms with Gasteiger partial charge in [-0.05, 0) is 57.3 Å². The Morgan fingerprint density at radius 2 is 1.65 bits per heavy atom. The first kappa shape index (κ1) is 22.6. The molecule has 0 spiro atoms. The fourth-order valence-corrected chi connectivity index (χ4v) is 5.02. The van der Waals surface area contributed by atoms with Gasteiger partial charge in [0, 0.05) is 37.0 Å². The van der Waals surface area contributed by atoms with E-state index in [0.29, 0.717) is 11.9 Å². The summed E-state index contributed by atoms with van der Waals surface area (Å²) < 4.78 is 0. The van der Waals surface area contributed by atoms with E-state index in [1.807, 2.05) is 37.3 Å². The fraction of sp³-hybridized carbons (Fsp3) is 0.444. The molecule has 0 radical (unpaired) electrons. The van der Waals surface area contributed by atoms with Gasteiger partial charge in [0.25, 0.3) is 0 Å². The van der Waals surface area contributed by atoms with Crippen LogP contribution in [-0.4, -0.2) is 57.3 Å². The van der Waals surface area contributed by atoms with Gasteiger partial charge in [0.1, 0.15) is 11.6 Å². The van der Waals surface area contributed by atoms with Crippen LogP contribution in [-0.2, 0) is 0 Å². The van der Waals surface area contributed by atoms with Crippen molar-refractivity contribution >= 4 is 29.6 Å². The molecule has 2 saturated heterocycles. The second-order valence-electron chi connectivity index (χ2n) is 9.44. The van der Waals surface area contributed by atoms with Crippen molar-refractivity contribution in [1.82, 2.24) is 25.1 Å². The number of H-pyrrole nitrogens is 1. The van der Waals surface area contributed by atoms with Crippen molar-refractivity contribution in [2.24, 2.45) is 0 Å². The molecule has 0 atom stereocenters. The molecule has 0 aliphatic carbocycles. The molecule has 4 heterocycles. The summed E-state index contributed by atoms with van der Waals surface area (Å²) in [4.78, 5) is 14.8. The molecule has 2 fully saturated rings. The lowest BCUT2D eigenvalue weighted by Crippen LogP contribution is -2.45. The first-order valence-electron chi connectivity index (χ1n) is 12.6. The molecule has 5 rings (SSSR count). The minimum atomic E-state index is 0.700. The molecule has 2 aromatic heterocycles. The SMILES string of the molecule is Cc1cc(Nc2cc(N3CCC(N4CCCCCC4)CC3)nc(C=Cc3ccccc3)n2)n[nH]1. The molecular weight excluding hydrogens is 422 g/mol. The Hall–Kier alpha value is -3.19. The smallest absolute Gasteiger partial charge is 0.156 e. The minimum absolute atomic E-state index is 0.700. The van der Waals surface area contributed by atoms with Gasteiger partial charge in [-0.15, -0.1) is 0 Å². The Kier molecular flexibility index (Phi) is 7.19. The summed E-state index contributed by atoms with van der Waals surface area (Å²) in [6, 6.07) is 15.0. The van der Waals surface area contributed by atoms with Gasteiger partial charge in [-0.25, -0.2) is 9.97 Å². The van der Waals surface area contributed by atoms with Crippen molar-refractivity contribution in [3.05, 3.63) is 59.5 Å². The molecule has 7 heteroatoms. The van der Waals surface area contributed by atoms with Gasteiger partial charge >= 0.3 is 0 Å². The molecule has 0 unspecified atom stereocenters. The Labute approximate surface area is 202 Å². The number of piperidine rings is 1. The quantitative estimate of drug-likeness (QED) is 0.526. The van der Waals surface area contributed by atoms with Crippen LogP contribution in [0.3, 0.4) is 0 Å². The van der Waals surface area contributed by atoms with Crippen LogP contribution in [0.15, 0.2) is 42.5 Å². The monoisotopic (exact) mass is 457 g/mol. The van der Waals surface area contributed by atoms with Crippen molar-refractivity contribution in [1.29, 1.82) is 0 Å². The van der Waals surface area contributed by atoms with Gasteiger partial charge < -0.3 is 15.1 Å². The van der Waals surface area contributed by atoms with Crippen LogP contribution in [0, 0.1) is 6.92 Å². The number of hydrogen-bond donors (Lipinski definition) is 2. The molecule has 0 saturated carbocycles. The van der Waals surface area contributed by atoms with E-state index in [-0.39, 0.29) is 0 Å². The number of nitrogens with one attached hydrogen (secondary N) is 2. The maximum absolute atomic E-state index is 4.92. The average Bonchev–Trinajstić information content (AvgIpc) is 3.10. The van der Waals surface area contributed by atoms with Crippen molar-refractivity contribution in [3.63, 3.8) is 0 Å². The summed E-state index contributed by atoms with van der Waals surface area (Å²) in [6.07, 6.45) is 11.9. The molecule has 34 heavy (non-hydrogen) atoms. The molecule has 0 bridgehead atoms. The number of nitrogens with zero attached hydrogens (tertiary/aromatic N) is 5. The topological polar surface area (TPSA) is 73.0 Å². The van der Waals surface area contributed by atoms with Crippen molar-refractivity contribution in [2.75, 3.05) is 36.4 Å². The number of likely N-dealkylation sites (tertiary alicyclic amines) is 1. The number of hydrogen-bond acceptors (Lipinski definition) is 6. The van der Waals surface area contributed by atoms with Crippen LogP contribution in [0.2, 0.25) is 0 Å².